The molecule has 0 spiro atoms. The van der Waals surface area contributed by atoms with Gasteiger partial charge in [0.15, 0.2) is 0 Å². The lowest BCUT2D eigenvalue weighted by Gasteiger charge is -2.13. The number of halogens is 1. The van der Waals surface area contributed by atoms with Crippen LogP contribution in [0.5, 0.6) is 0 Å². The van der Waals surface area contributed by atoms with Crippen molar-refractivity contribution in [1.29, 1.82) is 0 Å². The Kier molecular flexibility index (Phi) is 3.61. The fourth-order valence-corrected chi connectivity index (χ4v) is 2.56. The SMILES string of the molecule is O=C(NCC1(CCBr)CC1)c1ccc(=O)[nH]n1. The van der Waals surface area contributed by atoms with Crippen LogP contribution in [-0.4, -0.2) is 28.0 Å². The second-order valence-electron chi connectivity index (χ2n) is 4.43. The van der Waals surface area contributed by atoms with Crippen molar-refractivity contribution >= 4 is 21.8 Å². The van der Waals surface area contributed by atoms with Gasteiger partial charge in [0.05, 0.1) is 0 Å². The monoisotopic (exact) mass is 299 g/mol. The summed E-state index contributed by atoms with van der Waals surface area (Å²) in [5.74, 6) is -0.234. The van der Waals surface area contributed by atoms with E-state index < -0.39 is 0 Å². The van der Waals surface area contributed by atoms with Gasteiger partial charge in [-0.25, -0.2) is 5.10 Å². The van der Waals surface area contributed by atoms with Gasteiger partial charge < -0.3 is 5.32 Å². The van der Waals surface area contributed by atoms with Gasteiger partial charge in [-0.3, -0.25) is 9.59 Å². The number of hydrogen-bond acceptors (Lipinski definition) is 3. The molecule has 1 heterocycles. The number of H-pyrrole nitrogens is 1. The second-order valence-corrected chi connectivity index (χ2v) is 5.22. The Bertz CT molecular complexity index is 448. The van der Waals surface area contributed by atoms with Crippen molar-refractivity contribution in [2.45, 2.75) is 19.3 Å². The maximum Gasteiger partial charge on any atom is 0.271 e. The molecule has 1 aliphatic rings. The van der Waals surface area contributed by atoms with Crippen LogP contribution >= 0.6 is 15.9 Å². The first-order chi connectivity index (χ1) is 8.15. The number of carbonyl (C=O) groups is 1. The summed E-state index contributed by atoms with van der Waals surface area (Å²) in [4.78, 5) is 22.5. The third-order valence-corrected chi connectivity index (χ3v) is 3.51. The molecule has 2 rings (SSSR count). The molecular weight excluding hydrogens is 286 g/mol. The molecule has 0 aliphatic heterocycles. The molecule has 0 radical (unpaired) electrons. The number of amides is 1. The van der Waals surface area contributed by atoms with Crippen molar-refractivity contribution in [3.63, 3.8) is 0 Å². The van der Waals surface area contributed by atoms with E-state index in [1.807, 2.05) is 0 Å². The van der Waals surface area contributed by atoms with Crippen LogP contribution in [0.4, 0.5) is 0 Å². The number of carbonyl (C=O) groups excluding carboxylic acids is 1. The minimum absolute atomic E-state index is 0.234. The molecule has 0 atom stereocenters. The van der Waals surface area contributed by atoms with Crippen LogP contribution in [0.1, 0.15) is 29.8 Å². The van der Waals surface area contributed by atoms with Gasteiger partial charge in [0.2, 0.25) is 0 Å². The van der Waals surface area contributed by atoms with Gasteiger partial charge in [0.25, 0.3) is 11.5 Å². The topological polar surface area (TPSA) is 74.8 Å². The van der Waals surface area contributed by atoms with Gasteiger partial charge in [-0.05, 0) is 30.7 Å². The number of nitrogens with one attached hydrogen (secondary N) is 2. The third kappa shape index (κ3) is 3.15. The van der Waals surface area contributed by atoms with Gasteiger partial charge in [-0.1, -0.05) is 15.9 Å². The molecular formula is C11H14BrN3O2. The number of aromatic nitrogens is 2. The Labute approximate surface area is 107 Å². The van der Waals surface area contributed by atoms with Crippen LogP contribution < -0.4 is 10.9 Å². The standard InChI is InChI=1S/C11H14BrN3O2/c12-6-5-11(3-4-11)7-13-10(17)8-1-2-9(16)15-14-8/h1-2H,3-7H2,(H,13,17)(H,15,16). The predicted octanol–water partition coefficient (Wildman–Crippen LogP) is 1.06. The Hall–Kier alpha value is -1.17. The zero-order chi connectivity index (χ0) is 12.3. The summed E-state index contributed by atoms with van der Waals surface area (Å²) in [7, 11) is 0. The molecule has 0 saturated heterocycles. The summed E-state index contributed by atoms with van der Waals surface area (Å²) in [5, 5.41) is 9.75. The van der Waals surface area contributed by atoms with Crippen molar-refractivity contribution in [2.75, 3.05) is 11.9 Å². The van der Waals surface area contributed by atoms with E-state index in [0.717, 1.165) is 24.6 Å². The average Bonchev–Trinajstić information content (AvgIpc) is 3.08. The fraction of sp³-hybridized carbons (Fsp3) is 0.545. The van der Waals surface area contributed by atoms with E-state index >= 15 is 0 Å². The van der Waals surface area contributed by atoms with E-state index in [0.29, 0.717) is 6.54 Å². The lowest BCUT2D eigenvalue weighted by Crippen LogP contribution is -2.31. The number of nitrogens with zero attached hydrogens (tertiary/aromatic N) is 1. The molecule has 6 heteroatoms. The lowest BCUT2D eigenvalue weighted by atomic mass is 10.0. The van der Waals surface area contributed by atoms with Crippen LogP contribution in [0.15, 0.2) is 16.9 Å². The number of rotatable bonds is 5. The maximum atomic E-state index is 11.7. The molecule has 0 unspecified atom stereocenters. The van der Waals surface area contributed by atoms with Crippen molar-refractivity contribution in [1.82, 2.24) is 15.5 Å². The average molecular weight is 300 g/mol. The molecule has 1 aliphatic carbocycles. The minimum atomic E-state index is -0.306. The van der Waals surface area contributed by atoms with Crippen LogP contribution in [0.3, 0.4) is 0 Å². The maximum absolute atomic E-state index is 11.7. The highest BCUT2D eigenvalue weighted by Gasteiger charge is 2.41. The van der Waals surface area contributed by atoms with E-state index in [2.05, 4.69) is 31.4 Å². The van der Waals surface area contributed by atoms with E-state index in [1.165, 1.54) is 12.1 Å². The highest BCUT2D eigenvalue weighted by Crippen LogP contribution is 2.48. The first-order valence-corrected chi connectivity index (χ1v) is 6.67. The lowest BCUT2D eigenvalue weighted by molar-refractivity contribution is 0.0938. The summed E-state index contributed by atoms with van der Waals surface area (Å²) < 4.78 is 0. The summed E-state index contributed by atoms with van der Waals surface area (Å²) in [5.41, 5.74) is 0.222. The summed E-state index contributed by atoms with van der Waals surface area (Å²) >= 11 is 3.42. The van der Waals surface area contributed by atoms with Crippen molar-refractivity contribution < 1.29 is 4.79 Å². The van der Waals surface area contributed by atoms with E-state index in [-0.39, 0.29) is 22.6 Å². The molecule has 1 saturated carbocycles. The van der Waals surface area contributed by atoms with Crippen LogP contribution in [0.25, 0.3) is 0 Å². The van der Waals surface area contributed by atoms with Crippen LogP contribution in [0, 0.1) is 5.41 Å². The normalized spacial score (nSPS) is 16.5. The Morgan fingerprint density at radius 3 is 2.82 bits per heavy atom. The molecule has 0 aromatic carbocycles. The number of alkyl halides is 1. The van der Waals surface area contributed by atoms with Gasteiger partial charge in [0.1, 0.15) is 5.69 Å². The van der Waals surface area contributed by atoms with Crippen molar-refractivity contribution in [2.24, 2.45) is 5.41 Å². The quantitative estimate of drug-likeness (QED) is 0.799. The molecule has 5 nitrogen and oxygen atoms in total. The van der Waals surface area contributed by atoms with Crippen molar-refractivity contribution in [3.05, 3.63) is 28.2 Å². The van der Waals surface area contributed by atoms with Gasteiger partial charge in [0, 0.05) is 17.9 Å². The third-order valence-electron chi connectivity index (χ3n) is 3.12. The van der Waals surface area contributed by atoms with Gasteiger partial charge >= 0.3 is 0 Å². The predicted molar refractivity (Wildman–Crippen MR) is 67.3 cm³/mol. The molecule has 2 N–H and O–H groups in total. The smallest absolute Gasteiger partial charge is 0.271 e. The van der Waals surface area contributed by atoms with E-state index in [4.69, 9.17) is 0 Å². The molecule has 92 valence electrons. The zero-order valence-corrected chi connectivity index (χ0v) is 10.9. The summed E-state index contributed by atoms with van der Waals surface area (Å²) in [6.07, 6.45) is 3.40. The van der Waals surface area contributed by atoms with Crippen molar-refractivity contribution in [3.8, 4) is 0 Å². The molecule has 1 aromatic rings. The second kappa shape index (κ2) is 5.00. The zero-order valence-electron chi connectivity index (χ0n) is 9.33. The fourth-order valence-electron chi connectivity index (χ4n) is 1.72. The minimum Gasteiger partial charge on any atom is -0.350 e. The summed E-state index contributed by atoms with van der Waals surface area (Å²) in [6, 6.07) is 2.73. The van der Waals surface area contributed by atoms with Gasteiger partial charge in [-0.15, -0.1) is 0 Å². The Morgan fingerprint density at radius 2 is 2.29 bits per heavy atom. The summed E-state index contributed by atoms with van der Waals surface area (Å²) in [6.45, 7) is 0.679. The highest BCUT2D eigenvalue weighted by atomic mass is 79.9. The Morgan fingerprint density at radius 1 is 1.53 bits per heavy atom. The van der Waals surface area contributed by atoms with E-state index in [1.54, 1.807) is 0 Å². The largest absolute Gasteiger partial charge is 0.350 e. The molecule has 1 fully saturated rings. The molecule has 0 bridgehead atoms. The Balaban J connectivity index is 1.89. The van der Waals surface area contributed by atoms with Crippen LogP contribution in [0.2, 0.25) is 0 Å². The van der Waals surface area contributed by atoms with Crippen LogP contribution in [-0.2, 0) is 0 Å². The highest BCUT2D eigenvalue weighted by molar-refractivity contribution is 9.09. The number of hydrogen-bond donors (Lipinski definition) is 2. The molecule has 1 amide bonds. The first-order valence-electron chi connectivity index (χ1n) is 5.55. The number of aromatic amines is 1. The van der Waals surface area contributed by atoms with Gasteiger partial charge in [-0.2, -0.15) is 5.10 Å². The van der Waals surface area contributed by atoms with E-state index in [9.17, 15) is 9.59 Å². The molecule has 1 aromatic heterocycles. The molecule has 17 heavy (non-hydrogen) atoms. The first kappa shape index (κ1) is 12.3.